The van der Waals surface area contributed by atoms with Gasteiger partial charge in [-0.1, -0.05) is 7.43 Å². The topological polar surface area (TPSA) is 0 Å². The molecule has 0 aromatic heterocycles. The molecule has 0 bridgehead atoms. The molecule has 0 saturated carbocycles. The van der Waals surface area contributed by atoms with E-state index in [4.69, 9.17) is 0 Å². The molecule has 0 amide bonds. The van der Waals surface area contributed by atoms with Crippen LogP contribution in [0, 0.1) is 0 Å². The second-order valence-corrected chi connectivity index (χ2v) is 1.60. The Labute approximate surface area is 41.1 Å². The summed E-state index contributed by atoms with van der Waals surface area (Å²) >= 11 is 0.757. The van der Waals surface area contributed by atoms with Crippen molar-refractivity contribution in [1.29, 1.82) is 0 Å². The molecule has 0 fully saturated rings. The molecule has 0 radical (unpaired) electrons. The summed E-state index contributed by atoms with van der Waals surface area (Å²) in [7, 11) is 9.34. The average molecular weight is 150 g/mol. The molecule has 0 heterocycles. The van der Waals surface area contributed by atoms with Crippen LogP contribution in [-0.4, -0.2) is 0 Å². The van der Waals surface area contributed by atoms with Gasteiger partial charge in [-0.2, -0.15) is 0 Å². The normalized spacial score (nSPS) is 5.50. The van der Waals surface area contributed by atoms with Gasteiger partial charge in [-0.05, 0) is 0 Å². The molecule has 0 aliphatic carbocycles. The number of halogens is 2. The summed E-state index contributed by atoms with van der Waals surface area (Å²) in [5, 5.41) is 0. The first-order valence-corrected chi connectivity index (χ1v) is 2.82. The second kappa shape index (κ2) is 8.93. The van der Waals surface area contributed by atoms with E-state index >= 15 is 0 Å². The summed E-state index contributed by atoms with van der Waals surface area (Å²) in [5.41, 5.74) is 0. The van der Waals surface area contributed by atoms with E-state index in [2.05, 4.69) is 20.2 Å². The molecule has 0 aromatic carbocycles. The quantitative estimate of drug-likeness (QED) is 0.464. The fraction of sp³-hybridized carbons (Fsp3) is 1.00. The molecule has 0 nitrogen and oxygen atoms in total. The van der Waals surface area contributed by atoms with Crippen LogP contribution in [0.1, 0.15) is 7.43 Å². The predicted octanol–water partition coefficient (Wildman–Crippen LogP) is 2.01. The van der Waals surface area contributed by atoms with Crippen LogP contribution in [0.25, 0.3) is 0 Å². The first-order chi connectivity index (χ1) is 1.41. The second-order valence-electron chi connectivity index (χ2n) is 0.0431. The van der Waals surface area contributed by atoms with Gasteiger partial charge in [-0.15, -0.1) is 0 Å². The standard InChI is InChI=1S/CH4.2ClH.Cu/h1H4;2*1H;/q;;;+2/p-2. The molecule has 3 heteroatoms. The van der Waals surface area contributed by atoms with Crippen molar-refractivity contribution in [3.8, 4) is 0 Å². The van der Waals surface area contributed by atoms with Gasteiger partial charge in [0, 0.05) is 0 Å². The van der Waals surface area contributed by atoms with Crippen LogP contribution in [-0.2, 0) is 13.1 Å². The number of hydrogen-bond donors (Lipinski definition) is 0. The Morgan fingerprint density at radius 1 is 1.25 bits per heavy atom. The minimum absolute atomic E-state index is 0. The third-order valence-electron chi connectivity index (χ3n) is 0. The summed E-state index contributed by atoms with van der Waals surface area (Å²) in [4.78, 5) is 0. The molecule has 0 N–H and O–H groups in total. The van der Waals surface area contributed by atoms with E-state index in [1.54, 1.807) is 0 Å². The molecule has 0 spiro atoms. The minimum atomic E-state index is 0. The van der Waals surface area contributed by atoms with Gasteiger partial charge in [-0.25, -0.2) is 0 Å². The molecule has 0 rings (SSSR count). The molecular formula is CH4Cl2Cu. The Hall–Kier alpha value is 1.10. The number of hydrogen-bond acceptors (Lipinski definition) is 0. The van der Waals surface area contributed by atoms with Gasteiger partial charge in [0.15, 0.2) is 0 Å². The fourth-order valence-corrected chi connectivity index (χ4v) is 0. The van der Waals surface area contributed by atoms with Crippen LogP contribution in [0.3, 0.4) is 0 Å². The van der Waals surface area contributed by atoms with Crippen LogP contribution in [0.5, 0.6) is 0 Å². The SMILES string of the molecule is C.[Cl][Cu][Cl]. The van der Waals surface area contributed by atoms with Crippen molar-refractivity contribution in [2.45, 2.75) is 7.43 Å². The molecule has 33 valence electrons. The zero-order valence-electron chi connectivity index (χ0n) is 1.06. The molecule has 0 saturated heterocycles. The zero-order chi connectivity index (χ0) is 2.71. The average Bonchev–Trinajstić information content (AvgIpc) is 0.918. The fourth-order valence-electron chi connectivity index (χ4n) is 0. The van der Waals surface area contributed by atoms with Crippen molar-refractivity contribution in [3.05, 3.63) is 0 Å². The van der Waals surface area contributed by atoms with E-state index in [0.717, 1.165) is 13.1 Å². The Bertz CT molecular complexity index is 6.00. The van der Waals surface area contributed by atoms with Gasteiger partial charge in [0.05, 0.1) is 0 Å². The van der Waals surface area contributed by atoms with Gasteiger partial charge in [0.2, 0.25) is 0 Å². The van der Waals surface area contributed by atoms with E-state index in [0.29, 0.717) is 0 Å². The summed E-state index contributed by atoms with van der Waals surface area (Å²) < 4.78 is 0. The van der Waals surface area contributed by atoms with Crippen molar-refractivity contribution in [2.75, 3.05) is 0 Å². The van der Waals surface area contributed by atoms with Crippen LogP contribution in [0.2, 0.25) is 0 Å². The summed E-state index contributed by atoms with van der Waals surface area (Å²) in [5.74, 6) is 0. The third kappa shape index (κ3) is 11.3. The Morgan fingerprint density at radius 3 is 1.25 bits per heavy atom. The predicted molar refractivity (Wildman–Crippen MR) is 18.4 cm³/mol. The maximum atomic E-state index is 4.67. The van der Waals surface area contributed by atoms with Crippen LogP contribution in [0.15, 0.2) is 0 Å². The molecule has 0 aliphatic heterocycles. The van der Waals surface area contributed by atoms with Gasteiger partial charge < -0.3 is 0 Å². The van der Waals surface area contributed by atoms with Crippen molar-refractivity contribution in [1.82, 2.24) is 0 Å². The van der Waals surface area contributed by atoms with Crippen LogP contribution in [0.4, 0.5) is 0 Å². The summed E-state index contributed by atoms with van der Waals surface area (Å²) in [6.07, 6.45) is 0. The van der Waals surface area contributed by atoms with Crippen LogP contribution < -0.4 is 0 Å². The van der Waals surface area contributed by atoms with E-state index in [-0.39, 0.29) is 7.43 Å². The van der Waals surface area contributed by atoms with E-state index in [1.165, 1.54) is 0 Å². The molecule has 0 aliphatic rings. The van der Waals surface area contributed by atoms with E-state index in [9.17, 15) is 0 Å². The Kier molecular flexibility index (Phi) is 19.9. The summed E-state index contributed by atoms with van der Waals surface area (Å²) in [6.45, 7) is 0. The Morgan fingerprint density at radius 2 is 1.25 bits per heavy atom. The molecule has 4 heavy (non-hydrogen) atoms. The zero-order valence-corrected chi connectivity index (χ0v) is 3.51. The van der Waals surface area contributed by atoms with Gasteiger partial charge in [-0.3, -0.25) is 0 Å². The van der Waals surface area contributed by atoms with E-state index in [1.807, 2.05) is 0 Å². The molecule has 0 aromatic rings. The third-order valence-corrected chi connectivity index (χ3v) is 0. The van der Waals surface area contributed by atoms with E-state index < -0.39 is 0 Å². The van der Waals surface area contributed by atoms with Crippen molar-refractivity contribution in [2.24, 2.45) is 0 Å². The number of rotatable bonds is 0. The van der Waals surface area contributed by atoms with Gasteiger partial charge >= 0.3 is 33.3 Å². The summed E-state index contributed by atoms with van der Waals surface area (Å²) in [6, 6.07) is 0. The van der Waals surface area contributed by atoms with Crippen molar-refractivity contribution < 1.29 is 13.1 Å². The molecule has 0 atom stereocenters. The molecular weight excluding hydrogens is 146 g/mol. The van der Waals surface area contributed by atoms with Gasteiger partial charge in [0.1, 0.15) is 0 Å². The monoisotopic (exact) mass is 149 g/mol. The first kappa shape index (κ1) is 8.92. The van der Waals surface area contributed by atoms with Gasteiger partial charge in [0.25, 0.3) is 0 Å². The maximum absolute atomic E-state index is 4.67. The van der Waals surface area contributed by atoms with Crippen LogP contribution >= 0.6 is 20.2 Å². The molecule has 0 unspecified atom stereocenters. The Balaban J connectivity index is 0. The van der Waals surface area contributed by atoms with Crippen molar-refractivity contribution >= 4 is 20.2 Å². The first-order valence-electron chi connectivity index (χ1n) is 0.228. The van der Waals surface area contributed by atoms with Crippen molar-refractivity contribution in [3.63, 3.8) is 0 Å².